The summed E-state index contributed by atoms with van der Waals surface area (Å²) in [6, 6.07) is 10.9. The van der Waals surface area contributed by atoms with E-state index < -0.39 is 5.97 Å². The van der Waals surface area contributed by atoms with Gasteiger partial charge in [-0.1, -0.05) is 30.3 Å². The van der Waals surface area contributed by atoms with Gasteiger partial charge in [0.1, 0.15) is 18.9 Å². The number of carboxylic acids is 1. The van der Waals surface area contributed by atoms with Gasteiger partial charge >= 0.3 is 5.97 Å². The molecule has 7 nitrogen and oxygen atoms in total. The minimum absolute atomic E-state index is 0.0215. The normalized spacial score (nSPS) is 13.7. The van der Waals surface area contributed by atoms with E-state index in [1.165, 1.54) is 6.20 Å². The van der Waals surface area contributed by atoms with Crippen LogP contribution < -0.4 is 14.8 Å². The van der Waals surface area contributed by atoms with E-state index in [0.29, 0.717) is 37.6 Å². The number of carbonyl (C=O) groups is 2. The van der Waals surface area contributed by atoms with E-state index in [2.05, 4.69) is 10.3 Å². The quantitative estimate of drug-likeness (QED) is 0.788. The predicted octanol–water partition coefficient (Wildman–Crippen LogP) is 2.06. The summed E-state index contributed by atoms with van der Waals surface area (Å²) in [5, 5.41) is 11.8. The molecule has 1 aromatic heterocycles. The van der Waals surface area contributed by atoms with Gasteiger partial charge in [-0.05, 0) is 18.4 Å². The van der Waals surface area contributed by atoms with Crippen molar-refractivity contribution >= 4 is 11.9 Å². The zero-order valence-electron chi connectivity index (χ0n) is 14.2. The van der Waals surface area contributed by atoms with Crippen molar-refractivity contribution in [3.8, 4) is 11.5 Å². The standard InChI is InChI=1S/C19H20N2O5/c22-18(23)7-6-14(10-13-4-2-1-3-5-13)21-19(24)15-11-16-17(12-20-15)26-9-8-25-16/h1-5,11-12,14H,6-10H2,(H,21,24)(H,22,23). The number of carboxylic acid groups (broad SMARTS) is 1. The second-order valence-electron chi connectivity index (χ2n) is 6.01. The Morgan fingerprint density at radius 2 is 1.88 bits per heavy atom. The lowest BCUT2D eigenvalue weighted by molar-refractivity contribution is -0.137. The van der Waals surface area contributed by atoms with Crippen molar-refractivity contribution in [2.24, 2.45) is 0 Å². The van der Waals surface area contributed by atoms with Gasteiger partial charge in [0.2, 0.25) is 0 Å². The molecule has 0 bridgehead atoms. The van der Waals surface area contributed by atoms with E-state index in [9.17, 15) is 9.59 Å². The Hall–Kier alpha value is -3.09. The Morgan fingerprint density at radius 1 is 1.15 bits per heavy atom. The molecule has 1 aliphatic rings. The lowest BCUT2D eigenvalue weighted by atomic mass is 10.0. The highest BCUT2D eigenvalue weighted by Gasteiger charge is 2.20. The van der Waals surface area contributed by atoms with Crippen LogP contribution in [0.1, 0.15) is 28.9 Å². The van der Waals surface area contributed by atoms with Gasteiger partial charge in [0, 0.05) is 18.5 Å². The van der Waals surface area contributed by atoms with Crippen LogP contribution in [0.25, 0.3) is 0 Å². The SMILES string of the molecule is O=C(O)CCC(Cc1ccccc1)NC(=O)c1cc2c(cn1)OCCO2. The number of aliphatic carboxylic acids is 1. The average molecular weight is 356 g/mol. The van der Waals surface area contributed by atoms with Crippen molar-refractivity contribution in [2.75, 3.05) is 13.2 Å². The molecule has 0 saturated carbocycles. The number of nitrogens with one attached hydrogen (secondary N) is 1. The van der Waals surface area contributed by atoms with Crippen LogP contribution >= 0.6 is 0 Å². The number of fused-ring (bicyclic) bond motifs is 1. The number of carbonyl (C=O) groups excluding carboxylic acids is 1. The number of nitrogens with zero attached hydrogens (tertiary/aromatic N) is 1. The highest BCUT2D eigenvalue weighted by Crippen LogP contribution is 2.29. The molecule has 1 atom stereocenters. The predicted molar refractivity (Wildman–Crippen MR) is 93.5 cm³/mol. The molecular weight excluding hydrogens is 336 g/mol. The minimum atomic E-state index is -0.894. The van der Waals surface area contributed by atoms with Gasteiger partial charge in [-0.15, -0.1) is 0 Å². The number of pyridine rings is 1. The minimum Gasteiger partial charge on any atom is -0.486 e. The Bertz CT molecular complexity index is 779. The number of ether oxygens (including phenoxy) is 2. The van der Waals surface area contributed by atoms with E-state index in [-0.39, 0.29) is 24.1 Å². The van der Waals surface area contributed by atoms with E-state index in [1.807, 2.05) is 30.3 Å². The zero-order valence-corrected chi connectivity index (χ0v) is 14.2. The maximum Gasteiger partial charge on any atom is 0.303 e. The van der Waals surface area contributed by atoms with Crippen LogP contribution in [0.15, 0.2) is 42.6 Å². The maximum atomic E-state index is 12.6. The molecule has 136 valence electrons. The third-order valence-electron chi connectivity index (χ3n) is 4.03. The molecule has 2 aromatic rings. The number of amides is 1. The van der Waals surface area contributed by atoms with Gasteiger partial charge in [-0.3, -0.25) is 9.59 Å². The molecule has 0 aliphatic carbocycles. The number of benzene rings is 1. The molecule has 0 fully saturated rings. The van der Waals surface area contributed by atoms with E-state index >= 15 is 0 Å². The third-order valence-corrected chi connectivity index (χ3v) is 4.03. The van der Waals surface area contributed by atoms with E-state index in [0.717, 1.165) is 5.56 Å². The Labute approximate surface area is 151 Å². The fraction of sp³-hybridized carbons (Fsp3) is 0.316. The van der Waals surface area contributed by atoms with Crippen molar-refractivity contribution in [1.82, 2.24) is 10.3 Å². The highest BCUT2D eigenvalue weighted by atomic mass is 16.6. The maximum absolute atomic E-state index is 12.6. The molecule has 7 heteroatoms. The van der Waals surface area contributed by atoms with Crippen LogP contribution in [-0.2, 0) is 11.2 Å². The molecule has 1 aromatic carbocycles. The lowest BCUT2D eigenvalue weighted by Crippen LogP contribution is -2.37. The van der Waals surface area contributed by atoms with Gasteiger partial charge in [0.05, 0.1) is 6.20 Å². The first-order valence-electron chi connectivity index (χ1n) is 8.44. The summed E-state index contributed by atoms with van der Waals surface area (Å²) in [7, 11) is 0. The number of hydrogen-bond donors (Lipinski definition) is 2. The molecule has 2 heterocycles. The lowest BCUT2D eigenvalue weighted by Gasteiger charge is -2.20. The third kappa shape index (κ3) is 4.72. The fourth-order valence-electron chi connectivity index (χ4n) is 2.75. The van der Waals surface area contributed by atoms with Crippen molar-refractivity contribution in [3.05, 3.63) is 53.9 Å². The van der Waals surface area contributed by atoms with Gasteiger partial charge in [0.15, 0.2) is 11.5 Å². The summed E-state index contributed by atoms with van der Waals surface area (Å²) in [4.78, 5) is 27.6. The second kappa shape index (κ2) is 8.33. The summed E-state index contributed by atoms with van der Waals surface area (Å²) in [5.74, 6) is -0.260. The monoisotopic (exact) mass is 356 g/mol. The topological polar surface area (TPSA) is 97.8 Å². The van der Waals surface area contributed by atoms with Gasteiger partial charge in [0.25, 0.3) is 5.91 Å². The van der Waals surface area contributed by atoms with Crippen molar-refractivity contribution < 1.29 is 24.2 Å². The summed E-state index contributed by atoms with van der Waals surface area (Å²) in [6.45, 7) is 0.877. The summed E-state index contributed by atoms with van der Waals surface area (Å²) in [5.41, 5.74) is 1.24. The van der Waals surface area contributed by atoms with Gasteiger partial charge in [-0.2, -0.15) is 0 Å². The number of rotatable bonds is 7. The second-order valence-corrected chi connectivity index (χ2v) is 6.01. The average Bonchev–Trinajstić information content (AvgIpc) is 2.66. The molecule has 0 saturated heterocycles. The smallest absolute Gasteiger partial charge is 0.303 e. The molecule has 2 N–H and O–H groups in total. The molecule has 1 aliphatic heterocycles. The first-order valence-corrected chi connectivity index (χ1v) is 8.44. The number of hydrogen-bond acceptors (Lipinski definition) is 5. The molecule has 3 rings (SSSR count). The van der Waals surface area contributed by atoms with Crippen LogP contribution in [0.4, 0.5) is 0 Å². The highest BCUT2D eigenvalue weighted by molar-refractivity contribution is 5.93. The van der Waals surface area contributed by atoms with Crippen LogP contribution in [0.3, 0.4) is 0 Å². The summed E-state index contributed by atoms with van der Waals surface area (Å²) >= 11 is 0. The molecule has 0 spiro atoms. The van der Waals surface area contributed by atoms with Crippen molar-refractivity contribution in [3.63, 3.8) is 0 Å². The first kappa shape index (κ1) is 17.7. The molecule has 1 unspecified atom stereocenters. The Kier molecular flexibility index (Phi) is 5.68. The first-order chi connectivity index (χ1) is 12.6. The summed E-state index contributed by atoms with van der Waals surface area (Å²) < 4.78 is 10.9. The largest absolute Gasteiger partial charge is 0.486 e. The van der Waals surface area contributed by atoms with Crippen LogP contribution in [0.5, 0.6) is 11.5 Å². The van der Waals surface area contributed by atoms with Crippen LogP contribution in [0.2, 0.25) is 0 Å². The Balaban J connectivity index is 1.70. The van der Waals surface area contributed by atoms with Crippen molar-refractivity contribution in [2.45, 2.75) is 25.3 Å². The van der Waals surface area contributed by atoms with Gasteiger partial charge < -0.3 is 19.9 Å². The van der Waals surface area contributed by atoms with Gasteiger partial charge in [-0.25, -0.2) is 4.98 Å². The molecule has 26 heavy (non-hydrogen) atoms. The number of aromatic nitrogens is 1. The molecular formula is C19H20N2O5. The summed E-state index contributed by atoms with van der Waals surface area (Å²) in [6.07, 6.45) is 2.32. The van der Waals surface area contributed by atoms with Crippen molar-refractivity contribution in [1.29, 1.82) is 0 Å². The molecule has 0 radical (unpaired) electrons. The van der Waals surface area contributed by atoms with E-state index in [4.69, 9.17) is 14.6 Å². The zero-order chi connectivity index (χ0) is 18.4. The fourth-order valence-corrected chi connectivity index (χ4v) is 2.75. The van der Waals surface area contributed by atoms with Crippen LogP contribution in [0, 0.1) is 0 Å². The van der Waals surface area contributed by atoms with E-state index in [1.54, 1.807) is 6.07 Å². The molecule has 1 amide bonds. The Morgan fingerprint density at radius 3 is 2.62 bits per heavy atom. The van der Waals surface area contributed by atoms with Crippen LogP contribution in [-0.4, -0.2) is 41.2 Å².